The van der Waals surface area contributed by atoms with Crippen molar-refractivity contribution in [2.45, 2.75) is 49.7 Å². The smallest absolute Gasteiger partial charge is 0.277 e. The van der Waals surface area contributed by atoms with Gasteiger partial charge in [0, 0.05) is 11.5 Å². The first-order valence-corrected chi connectivity index (χ1v) is 10.3. The summed E-state index contributed by atoms with van der Waals surface area (Å²) in [5.41, 5.74) is 1.51. The van der Waals surface area contributed by atoms with Crippen molar-refractivity contribution in [3.05, 3.63) is 40.1 Å². The van der Waals surface area contributed by atoms with Crippen molar-refractivity contribution in [2.75, 3.05) is 0 Å². The normalized spacial score (nSPS) is 17.8. The molecule has 0 atom stereocenters. The maximum Gasteiger partial charge on any atom is 0.277 e. The Hall–Kier alpha value is -1.25. The van der Waals surface area contributed by atoms with Crippen LogP contribution in [-0.4, -0.2) is 23.2 Å². The van der Waals surface area contributed by atoms with Gasteiger partial charge in [-0.15, -0.1) is 10.2 Å². The van der Waals surface area contributed by atoms with Gasteiger partial charge in [-0.1, -0.05) is 47.3 Å². The summed E-state index contributed by atoms with van der Waals surface area (Å²) in [7, 11) is -2.12. The van der Waals surface area contributed by atoms with Crippen molar-refractivity contribution >= 4 is 26.0 Å². The Morgan fingerprint density at radius 2 is 1.96 bits per heavy atom. The molecule has 8 heteroatoms. The van der Waals surface area contributed by atoms with Gasteiger partial charge in [0.2, 0.25) is 0 Å². The largest absolute Gasteiger partial charge is 0.306 e. The Kier molecular flexibility index (Phi) is 4.81. The predicted octanol–water partition coefficient (Wildman–Crippen LogP) is 3.02. The summed E-state index contributed by atoms with van der Waals surface area (Å²) in [6.45, 7) is 2.02. The molecule has 0 spiro atoms. The molecule has 0 bridgehead atoms. The van der Waals surface area contributed by atoms with E-state index in [4.69, 9.17) is 0 Å². The molecule has 0 radical (unpaired) electrons. The number of halogens is 1. The molecule has 0 saturated heterocycles. The summed E-state index contributed by atoms with van der Waals surface area (Å²) in [6, 6.07) is 6.05. The number of nitrogens with one attached hydrogen (secondary N) is 1. The third-order valence-electron chi connectivity index (χ3n) is 4.66. The molecular formula is C16H21BrN4O2S. The van der Waals surface area contributed by atoms with E-state index in [1.54, 1.807) is 7.05 Å². The third kappa shape index (κ3) is 3.27. The van der Waals surface area contributed by atoms with E-state index >= 15 is 0 Å². The Labute approximate surface area is 150 Å². The van der Waals surface area contributed by atoms with Crippen molar-refractivity contribution < 1.29 is 8.42 Å². The van der Waals surface area contributed by atoms with Gasteiger partial charge in [0.1, 0.15) is 6.33 Å². The van der Waals surface area contributed by atoms with Gasteiger partial charge in [0.05, 0.1) is 5.54 Å². The minimum atomic E-state index is -3.75. The number of sulfonamides is 1. The fourth-order valence-electron chi connectivity index (χ4n) is 3.37. The highest BCUT2D eigenvalue weighted by Gasteiger charge is 2.39. The molecule has 2 aromatic rings. The minimum Gasteiger partial charge on any atom is -0.306 e. The van der Waals surface area contributed by atoms with Gasteiger partial charge in [-0.05, 0) is 37.0 Å². The van der Waals surface area contributed by atoms with Crippen LogP contribution in [0.1, 0.15) is 43.2 Å². The van der Waals surface area contributed by atoms with E-state index in [1.165, 1.54) is 10.9 Å². The molecule has 1 heterocycles. The number of rotatable bonds is 4. The van der Waals surface area contributed by atoms with E-state index in [0.29, 0.717) is 0 Å². The van der Waals surface area contributed by atoms with E-state index in [-0.39, 0.29) is 5.16 Å². The van der Waals surface area contributed by atoms with Crippen LogP contribution in [0, 0.1) is 6.92 Å². The third-order valence-corrected chi connectivity index (χ3v) is 7.06. The first kappa shape index (κ1) is 17.6. The Morgan fingerprint density at radius 1 is 1.25 bits per heavy atom. The first-order valence-electron chi connectivity index (χ1n) is 7.99. The van der Waals surface area contributed by atoms with E-state index in [2.05, 4.69) is 36.9 Å². The number of hydrogen-bond donors (Lipinski definition) is 1. The molecule has 6 nitrogen and oxygen atoms in total. The zero-order chi connectivity index (χ0) is 17.4. The fourth-order valence-corrected chi connectivity index (χ4v) is 5.12. The van der Waals surface area contributed by atoms with Gasteiger partial charge in [-0.3, -0.25) is 0 Å². The molecule has 0 amide bonds. The molecule has 130 valence electrons. The monoisotopic (exact) mass is 412 g/mol. The van der Waals surface area contributed by atoms with Crippen LogP contribution in [-0.2, 0) is 22.6 Å². The average Bonchev–Trinajstić information content (AvgIpc) is 2.97. The summed E-state index contributed by atoms with van der Waals surface area (Å²) >= 11 is 3.51. The van der Waals surface area contributed by atoms with Crippen LogP contribution in [0.3, 0.4) is 0 Å². The molecule has 3 rings (SSSR count). The molecule has 1 aliphatic carbocycles. The van der Waals surface area contributed by atoms with Gasteiger partial charge >= 0.3 is 0 Å². The molecular weight excluding hydrogens is 392 g/mol. The van der Waals surface area contributed by atoms with Crippen LogP contribution < -0.4 is 4.72 Å². The lowest BCUT2D eigenvalue weighted by Crippen LogP contribution is -2.47. The topological polar surface area (TPSA) is 76.9 Å². The molecule has 1 saturated carbocycles. The summed E-state index contributed by atoms with van der Waals surface area (Å²) in [6.07, 6.45) is 6.08. The van der Waals surface area contributed by atoms with Crippen LogP contribution in [0.4, 0.5) is 0 Å². The lowest BCUT2D eigenvalue weighted by molar-refractivity contribution is 0.272. The average molecular weight is 413 g/mol. The standard InChI is InChI=1S/C16H21BrN4O2S/c1-12-10-13(6-7-14(12)17)16(8-4-3-5-9-16)20-24(22,23)15-19-18-11-21(15)2/h6-7,10-11,20H,3-5,8-9H2,1-2H3. The molecule has 1 fully saturated rings. The Bertz CT molecular complexity index is 842. The zero-order valence-corrected chi connectivity index (χ0v) is 16.2. The van der Waals surface area contributed by atoms with E-state index in [1.807, 2.05) is 19.1 Å². The van der Waals surface area contributed by atoms with Gasteiger partial charge in [-0.2, -0.15) is 4.72 Å². The molecule has 1 aromatic heterocycles. The van der Waals surface area contributed by atoms with Crippen LogP contribution in [0.25, 0.3) is 0 Å². The Balaban J connectivity index is 2.03. The van der Waals surface area contributed by atoms with Crippen molar-refractivity contribution in [3.63, 3.8) is 0 Å². The van der Waals surface area contributed by atoms with E-state index < -0.39 is 15.6 Å². The second-order valence-electron chi connectivity index (χ2n) is 6.44. The second-order valence-corrected chi connectivity index (χ2v) is 8.87. The summed E-state index contributed by atoms with van der Waals surface area (Å²) in [5, 5.41) is 7.40. The first-order chi connectivity index (χ1) is 11.3. The van der Waals surface area contributed by atoms with Crippen molar-refractivity contribution in [1.29, 1.82) is 0 Å². The van der Waals surface area contributed by atoms with Gasteiger partial charge in [0.15, 0.2) is 0 Å². The number of nitrogens with zero attached hydrogens (tertiary/aromatic N) is 3. The number of hydrogen-bond acceptors (Lipinski definition) is 4. The highest BCUT2D eigenvalue weighted by atomic mass is 79.9. The van der Waals surface area contributed by atoms with E-state index in [9.17, 15) is 8.42 Å². The minimum absolute atomic E-state index is 0.0544. The second kappa shape index (κ2) is 6.57. The maximum absolute atomic E-state index is 12.9. The van der Waals surface area contributed by atoms with Crippen molar-refractivity contribution in [1.82, 2.24) is 19.5 Å². The predicted molar refractivity (Wildman–Crippen MR) is 95.0 cm³/mol. The molecule has 1 aliphatic rings. The lowest BCUT2D eigenvalue weighted by Gasteiger charge is -2.38. The number of aromatic nitrogens is 3. The summed E-state index contributed by atoms with van der Waals surface area (Å²) in [4.78, 5) is 0. The van der Waals surface area contributed by atoms with Gasteiger partial charge in [0.25, 0.3) is 15.2 Å². The molecule has 1 N–H and O–H groups in total. The Morgan fingerprint density at radius 3 is 2.54 bits per heavy atom. The molecule has 0 unspecified atom stereocenters. The van der Waals surface area contributed by atoms with E-state index in [0.717, 1.165) is 47.7 Å². The SMILES string of the molecule is Cc1cc(C2(NS(=O)(=O)c3nncn3C)CCCCC2)ccc1Br. The van der Waals surface area contributed by atoms with Gasteiger partial charge < -0.3 is 4.57 Å². The van der Waals surface area contributed by atoms with Gasteiger partial charge in [-0.25, -0.2) is 8.42 Å². The number of benzene rings is 1. The van der Waals surface area contributed by atoms with Crippen LogP contribution in [0.5, 0.6) is 0 Å². The number of aryl methyl sites for hydroxylation is 2. The highest BCUT2D eigenvalue weighted by Crippen LogP contribution is 2.39. The summed E-state index contributed by atoms with van der Waals surface area (Å²) in [5.74, 6) is 0. The van der Waals surface area contributed by atoms with Crippen molar-refractivity contribution in [2.24, 2.45) is 7.05 Å². The van der Waals surface area contributed by atoms with Crippen LogP contribution in [0.2, 0.25) is 0 Å². The zero-order valence-electron chi connectivity index (χ0n) is 13.8. The van der Waals surface area contributed by atoms with Crippen molar-refractivity contribution in [3.8, 4) is 0 Å². The molecule has 1 aromatic carbocycles. The summed E-state index contributed by atoms with van der Waals surface area (Å²) < 4.78 is 31.1. The fraction of sp³-hybridized carbons (Fsp3) is 0.500. The highest BCUT2D eigenvalue weighted by molar-refractivity contribution is 9.10. The molecule has 24 heavy (non-hydrogen) atoms. The van der Waals surface area contributed by atoms with Crippen LogP contribution in [0.15, 0.2) is 34.2 Å². The quantitative estimate of drug-likeness (QED) is 0.836. The van der Waals surface area contributed by atoms with Crippen LogP contribution >= 0.6 is 15.9 Å². The maximum atomic E-state index is 12.9. The lowest BCUT2D eigenvalue weighted by atomic mass is 9.77. The molecule has 0 aliphatic heterocycles.